The van der Waals surface area contributed by atoms with Crippen LogP contribution in [0.1, 0.15) is 68.9 Å². The van der Waals surface area contributed by atoms with Gasteiger partial charge in [0.05, 0.1) is 7.11 Å². The van der Waals surface area contributed by atoms with Gasteiger partial charge in [0.25, 0.3) is 0 Å². The molecule has 0 aromatic heterocycles. The van der Waals surface area contributed by atoms with E-state index >= 15 is 0 Å². The molecule has 144 valence electrons. The maximum absolute atomic E-state index is 13.4. The van der Waals surface area contributed by atoms with E-state index in [2.05, 4.69) is 19.1 Å². The highest BCUT2D eigenvalue weighted by atomic mass is 16.5. The molecule has 4 aliphatic carbocycles. The van der Waals surface area contributed by atoms with Gasteiger partial charge in [0.15, 0.2) is 0 Å². The van der Waals surface area contributed by atoms with Crippen molar-refractivity contribution < 1.29 is 19.4 Å². The quantitative estimate of drug-likeness (QED) is 0.824. The number of aryl methyl sites for hydroxylation is 1. The van der Waals surface area contributed by atoms with Crippen LogP contribution in [0.4, 0.5) is 0 Å². The average Bonchev–Trinajstić information content (AvgIpc) is 3.02. The number of methoxy groups -OCH3 is 1. The van der Waals surface area contributed by atoms with Gasteiger partial charge in [-0.15, -0.1) is 0 Å². The standard InChI is InChI=1S/C23H28O4/c1-21-12-18(24)20-16-5-4-15(27-2)11-14(16)3-6-17(20)23(21)9-7-22(21,8-10-23)13-19(25)26/h4-5,11,17,20H,3,6-10,12-13H2,1-2H3,(H,25,26)/p-1/t17-,20-,21-,22?,23?/m1/s1. The Kier molecular flexibility index (Phi) is 3.43. The number of carbonyl (C=O) groups excluding carboxylic acids is 2. The SMILES string of the molecule is COc1ccc2c(c1)CC[C@@H]1[C@@H]2C(=O)C[C@]2(C)C3(CC(=O)[O-])CCC12CC3. The molecule has 0 saturated heterocycles. The van der Waals surface area contributed by atoms with Gasteiger partial charge < -0.3 is 14.6 Å². The number of carboxylic acids is 1. The van der Waals surface area contributed by atoms with Crippen molar-refractivity contribution >= 4 is 11.8 Å². The third-order valence-corrected chi connectivity index (χ3v) is 9.25. The van der Waals surface area contributed by atoms with E-state index in [1.54, 1.807) is 7.11 Å². The van der Waals surface area contributed by atoms with E-state index in [0.717, 1.165) is 44.3 Å². The molecule has 1 aromatic carbocycles. The van der Waals surface area contributed by atoms with Crippen LogP contribution in [0, 0.1) is 22.2 Å². The summed E-state index contributed by atoms with van der Waals surface area (Å²) in [5.41, 5.74) is 2.12. The number of fused-ring (bicyclic) bond motifs is 3. The van der Waals surface area contributed by atoms with Crippen molar-refractivity contribution in [2.45, 2.75) is 64.2 Å². The van der Waals surface area contributed by atoms with Crippen molar-refractivity contribution in [3.8, 4) is 5.75 Å². The summed E-state index contributed by atoms with van der Waals surface area (Å²) >= 11 is 0. The number of Topliss-reactive ketones (excluding diaryl/α,β-unsaturated/α-hetero) is 1. The topological polar surface area (TPSA) is 66.4 Å². The molecular formula is C23H27O4-. The number of carboxylic acid groups (broad SMARTS) is 1. The van der Waals surface area contributed by atoms with E-state index in [0.29, 0.717) is 18.1 Å². The average molecular weight is 367 g/mol. The predicted octanol–water partition coefficient (Wildman–Crippen LogP) is 3.02. The Morgan fingerprint density at radius 3 is 2.67 bits per heavy atom. The fourth-order valence-corrected chi connectivity index (χ4v) is 7.97. The summed E-state index contributed by atoms with van der Waals surface area (Å²) in [5, 5.41) is 11.5. The number of benzene rings is 1. The molecule has 0 amide bonds. The minimum absolute atomic E-state index is 0.0235. The van der Waals surface area contributed by atoms with Gasteiger partial charge in [-0.25, -0.2) is 0 Å². The molecule has 4 aliphatic rings. The molecule has 2 bridgehead atoms. The predicted molar refractivity (Wildman–Crippen MR) is 98.2 cm³/mol. The van der Waals surface area contributed by atoms with E-state index in [1.807, 2.05) is 6.07 Å². The van der Waals surface area contributed by atoms with Crippen LogP contribution in [-0.4, -0.2) is 18.9 Å². The molecule has 5 rings (SSSR count). The number of rotatable bonds is 3. The zero-order valence-corrected chi connectivity index (χ0v) is 16.2. The Morgan fingerprint density at radius 1 is 1.26 bits per heavy atom. The van der Waals surface area contributed by atoms with Gasteiger partial charge >= 0.3 is 0 Å². The van der Waals surface area contributed by atoms with Crippen LogP contribution in [0.25, 0.3) is 0 Å². The summed E-state index contributed by atoms with van der Waals surface area (Å²) < 4.78 is 5.38. The zero-order chi connectivity index (χ0) is 19.0. The highest BCUT2D eigenvalue weighted by molar-refractivity contribution is 5.89. The van der Waals surface area contributed by atoms with Gasteiger partial charge in [0.1, 0.15) is 11.5 Å². The molecule has 0 aliphatic heterocycles. The Bertz CT molecular complexity index is 833. The molecule has 3 atom stereocenters. The van der Waals surface area contributed by atoms with Crippen molar-refractivity contribution in [1.29, 1.82) is 0 Å². The van der Waals surface area contributed by atoms with Gasteiger partial charge in [0, 0.05) is 18.3 Å². The summed E-state index contributed by atoms with van der Waals surface area (Å²) in [5.74, 6) is 0.536. The molecule has 3 fully saturated rings. The van der Waals surface area contributed by atoms with Crippen LogP contribution >= 0.6 is 0 Å². The number of ether oxygens (including phenoxy) is 1. The van der Waals surface area contributed by atoms with Gasteiger partial charge in [-0.1, -0.05) is 13.0 Å². The minimum atomic E-state index is -0.954. The summed E-state index contributed by atoms with van der Waals surface area (Å²) in [7, 11) is 1.68. The molecule has 0 heterocycles. The van der Waals surface area contributed by atoms with Crippen LogP contribution in [0.5, 0.6) is 5.75 Å². The third kappa shape index (κ3) is 1.94. The van der Waals surface area contributed by atoms with E-state index in [9.17, 15) is 14.7 Å². The molecule has 3 saturated carbocycles. The van der Waals surface area contributed by atoms with Crippen LogP contribution in [0.2, 0.25) is 0 Å². The molecule has 4 nitrogen and oxygen atoms in total. The van der Waals surface area contributed by atoms with Crippen LogP contribution < -0.4 is 9.84 Å². The second-order valence-corrected chi connectivity index (χ2v) is 9.65. The Hall–Kier alpha value is -1.84. The molecular weight excluding hydrogens is 340 g/mol. The molecule has 0 radical (unpaired) electrons. The maximum Gasteiger partial charge on any atom is 0.141 e. The van der Waals surface area contributed by atoms with E-state index in [1.165, 1.54) is 11.1 Å². The number of aliphatic carboxylic acids is 1. The number of hydrogen-bond donors (Lipinski definition) is 0. The summed E-state index contributed by atoms with van der Waals surface area (Å²) in [4.78, 5) is 25.0. The zero-order valence-electron chi connectivity index (χ0n) is 16.2. The van der Waals surface area contributed by atoms with Gasteiger partial charge in [-0.3, -0.25) is 4.79 Å². The van der Waals surface area contributed by atoms with Gasteiger partial charge in [0.2, 0.25) is 0 Å². The Morgan fingerprint density at radius 2 is 2.00 bits per heavy atom. The smallest absolute Gasteiger partial charge is 0.141 e. The summed E-state index contributed by atoms with van der Waals surface area (Å²) in [6.45, 7) is 2.23. The number of carbonyl (C=O) groups is 2. The van der Waals surface area contributed by atoms with E-state index in [-0.39, 0.29) is 28.6 Å². The van der Waals surface area contributed by atoms with Crippen molar-refractivity contribution in [2.75, 3.05) is 7.11 Å². The van der Waals surface area contributed by atoms with Crippen LogP contribution in [0.15, 0.2) is 18.2 Å². The maximum atomic E-state index is 13.4. The summed E-state index contributed by atoms with van der Waals surface area (Å²) in [6, 6.07) is 6.16. The van der Waals surface area contributed by atoms with E-state index in [4.69, 9.17) is 4.74 Å². The third-order valence-electron chi connectivity index (χ3n) is 9.25. The fourth-order valence-electron chi connectivity index (χ4n) is 7.97. The lowest BCUT2D eigenvalue weighted by Gasteiger charge is -2.56. The molecule has 0 N–H and O–H groups in total. The second kappa shape index (κ2) is 5.36. The normalized spacial score (nSPS) is 41.6. The van der Waals surface area contributed by atoms with Crippen LogP contribution in [0.3, 0.4) is 0 Å². The molecule has 0 unspecified atom stereocenters. The minimum Gasteiger partial charge on any atom is -0.550 e. The van der Waals surface area contributed by atoms with Gasteiger partial charge in [-0.2, -0.15) is 0 Å². The first kappa shape index (κ1) is 17.3. The van der Waals surface area contributed by atoms with Gasteiger partial charge in [-0.05, 0) is 90.4 Å². The molecule has 0 spiro atoms. The monoisotopic (exact) mass is 367 g/mol. The number of hydrogen-bond acceptors (Lipinski definition) is 4. The van der Waals surface area contributed by atoms with Crippen molar-refractivity contribution in [1.82, 2.24) is 0 Å². The highest BCUT2D eigenvalue weighted by Crippen LogP contribution is 2.80. The van der Waals surface area contributed by atoms with E-state index < -0.39 is 5.97 Å². The lowest BCUT2D eigenvalue weighted by Crippen LogP contribution is -2.54. The molecule has 4 heteroatoms. The Balaban J connectivity index is 1.60. The first-order chi connectivity index (χ1) is 12.9. The van der Waals surface area contributed by atoms with Crippen molar-refractivity contribution in [3.63, 3.8) is 0 Å². The first-order valence-electron chi connectivity index (χ1n) is 10.3. The molecule has 1 aromatic rings. The summed E-state index contributed by atoms with van der Waals surface area (Å²) in [6.07, 6.45) is 6.64. The molecule has 27 heavy (non-hydrogen) atoms. The fraction of sp³-hybridized carbons (Fsp3) is 0.652. The first-order valence-corrected chi connectivity index (χ1v) is 10.3. The lowest BCUT2D eigenvalue weighted by molar-refractivity contribution is -0.309. The second-order valence-electron chi connectivity index (χ2n) is 9.65. The largest absolute Gasteiger partial charge is 0.550 e. The van der Waals surface area contributed by atoms with Crippen molar-refractivity contribution in [2.24, 2.45) is 22.2 Å². The van der Waals surface area contributed by atoms with Crippen LogP contribution in [-0.2, 0) is 16.0 Å². The number of ketones is 1. The Labute approximate surface area is 160 Å². The highest BCUT2D eigenvalue weighted by Gasteiger charge is 2.74. The lowest BCUT2D eigenvalue weighted by atomic mass is 9.46. The van der Waals surface area contributed by atoms with Crippen molar-refractivity contribution in [3.05, 3.63) is 29.3 Å².